The molecule has 0 aromatic heterocycles. The number of likely N-dealkylation sites (N-methyl/N-ethyl adjacent to an activating group) is 2. The first-order valence-corrected chi connectivity index (χ1v) is 9.29. The SMILES string of the molecule is CN(C)CCOc1ccc2c(c1)CC(=O)c1cc(OCCN(C)C)ccc1-2. The van der Waals surface area contributed by atoms with Gasteiger partial charge in [-0.15, -0.1) is 0 Å². The number of ether oxygens (including phenoxy) is 2. The van der Waals surface area contributed by atoms with Gasteiger partial charge in [0.2, 0.25) is 0 Å². The van der Waals surface area contributed by atoms with Crippen LogP contribution in [0.1, 0.15) is 15.9 Å². The van der Waals surface area contributed by atoms with Crippen LogP contribution in [-0.2, 0) is 6.42 Å². The van der Waals surface area contributed by atoms with E-state index in [-0.39, 0.29) is 5.78 Å². The molecule has 0 atom stereocenters. The second-order valence-corrected chi connectivity index (χ2v) is 7.43. The fraction of sp³-hybridized carbons (Fsp3) is 0.409. The number of hydrogen-bond acceptors (Lipinski definition) is 5. The molecule has 0 unspecified atom stereocenters. The smallest absolute Gasteiger partial charge is 0.168 e. The van der Waals surface area contributed by atoms with E-state index in [2.05, 4.69) is 15.9 Å². The molecule has 3 rings (SSSR count). The second-order valence-electron chi connectivity index (χ2n) is 7.43. The molecule has 2 aromatic carbocycles. The van der Waals surface area contributed by atoms with Crippen molar-refractivity contribution in [1.82, 2.24) is 9.80 Å². The molecular weight excluding hydrogens is 340 g/mol. The zero-order valence-electron chi connectivity index (χ0n) is 16.6. The van der Waals surface area contributed by atoms with Gasteiger partial charge in [0.15, 0.2) is 5.78 Å². The van der Waals surface area contributed by atoms with Crippen molar-refractivity contribution >= 4 is 5.78 Å². The van der Waals surface area contributed by atoms with Crippen molar-refractivity contribution in [3.05, 3.63) is 47.5 Å². The Morgan fingerprint density at radius 1 is 0.778 bits per heavy atom. The van der Waals surface area contributed by atoms with Gasteiger partial charge in [0, 0.05) is 25.1 Å². The number of carbonyl (C=O) groups excluding carboxylic acids is 1. The highest BCUT2D eigenvalue weighted by Gasteiger charge is 2.23. The summed E-state index contributed by atoms with van der Waals surface area (Å²) in [6, 6.07) is 11.8. The molecular formula is C22H28N2O3. The van der Waals surface area contributed by atoms with Crippen molar-refractivity contribution in [3.63, 3.8) is 0 Å². The van der Waals surface area contributed by atoms with Crippen molar-refractivity contribution in [2.24, 2.45) is 0 Å². The van der Waals surface area contributed by atoms with E-state index < -0.39 is 0 Å². The monoisotopic (exact) mass is 368 g/mol. The molecule has 144 valence electrons. The Morgan fingerprint density at radius 3 is 1.93 bits per heavy atom. The highest BCUT2D eigenvalue weighted by Crippen LogP contribution is 2.37. The van der Waals surface area contributed by atoms with Gasteiger partial charge in [-0.2, -0.15) is 0 Å². The van der Waals surface area contributed by atoms with Gasteiger partial charge in [0.05, 0.1) is 0 Å². The maximum Gasteiger partial charge on any atom is 0.168 e. The number of benzene rings is 2. The van der Waals surface area contributed by atoms with Gasteiger partial charge in [-0.3, -0.25) is 4.79 Å². The third-order valence-corrected chi connectivity index (χ3v) is 4.62. The Balaban J connectivity index is 1.77. The van der Waals surface area contributed by atoms with Crippen molar-refractivity contribution in [3.8, 4) is 22.6 Å². The number of carbonyl (C=O) groups is 1. The molecule has 0 amide bonds. The largest absolute Gasteiger partial charge is 0.492 e. The van der Waals surface area contributed by atoms with Crippen LogP contribution < -0.4 is 9.47 Å². The molecule has 0 spiro atoms. The normalized spacial score (nSPS) is 12.9. The molecule has 0 bridgehead atoms. The fourth-order valence-electron chi connectivity index (χ4n) is 3.11. The Bertz CT molecular complexity index is 815. The Morgan fingerprint density at radius 2 is 1.33 bits per heavy atom. The molecule has 0 N–H and O–H groups in total. The number of nitrogens with zero attached hydrogens (tertiary/aromatic N) is 2. The molecule has 5 heteroatoms. The molecule has 2 aromatic rings. The van der Waals surface area contributed by atoms with Gasteiger partial charge in [-0.1, -0.05) is 6.07 Å². The summed E-state index contributed by atoms with van der Waals surface area (Å²) in [4.78, 5) is 16.8. The number of fused-ring (bicyclic) bond motifs is 3. The minimum absolute atomic E-state index is 0.126. The lowest BCUT2D eigenvalue weighted by molar-refractivity contribution is 0.0991. The Kier molecular flexibility index (Phi) is 6.14. The van der Waals surface area contributed by atoms with Crippen LogP contribution in [-0.4, -0.2) is 70.1 Å². The molecule has 1 aliphatic carbocycles. The molecule has 27 heavy (non-hydrogen) atoms. The van der Waals surface area contributed by atoms with E-state index in [9.17, 15) is 4.79 Å². The number of rotatable bonds is 8. The maximum absolute atomic E-state index is 12.7. The average molecular weight is 368 g/mol. The summed E-state index contributed by atoms with van der Waals surface area (Å²) in [6.45, 7) is 2.92. The molecule has 0 saturated heterocycles. The van der Waals surface area contributed by atoms with Gasteiger partial charge in [0.1, 0.15) is 24.7 Å². The van der Waals surface area contributed by atoms with E-state index in [0.717, 1.165) is 46.8 Å². The van der Waals surface area contributed by atoms with Crippen molar-refractivity contribution in [2.75, 3.05) is 54.5 Å². The first kappa shape index (κ1) is 19.4. The van der Waals surface area contributed by atoms with Crippen molar-refractivity contribution < 1.29 is 14.3 Å². The summed E-state index contributed by atoms with van der Waals surface area (Å²) < 4.78 is 11.6. The highest BCUT2D eigenvalue weighted by molar-refractivity contribution is 6.07. The Hall–Kier alpha value is -2.37. The van der Waals surface area contributed by atoms with Crippen LogP contribution in [0.5, 0.6) is 11.5 Å². The third-order valence-electron chi connectivity index (χ3n) is 4.62. The summed E-state index contributed by atoms with van der Waals surface area (Å²) in [5.74, 6) is 1.69. The number of ketones is 1. The molecule has 0 saturated carbocycles. The van der Waals surface area contributed by atoms with E-state index in [1.54, 1.807) is 0 Å². The van der Waals surface area contributed by atoms with E-state index >= 15 is 0 Å². The van der Waals surface area contributed by atoms with Gasteiger partial charge in [-0.05, 0) is 75.2 Å². The molecule has 0 heterocycles. The van der Waals surface area contributed by atoms with Gasteiger partial charge in [0.25, 0.3) is 0 Å². The molecule has 0 radical (unpaired) electrons. The lowest BCUT2D eigenvalue weighted by atomic mass is 9.84. The van der Waals surface area contributed by atoms with Crippen LogP contribution in [0.4, 0.5) is 0 Å². The standard InChI is InChI=1S/C22H28N2O3/c1-23(2)9-11-26-17-5-7-19-16(13-17)14-22(25)21-15-18(6-8-20(19)21)27-12-10-24(3)4/h5-8,13,15H,9-12,14H2,1-4H3. The third kappa shape index (κ3) is 4.87. The molecule has 5 nitrogen and oxygen atoms in total. The zero-order chi connectivity index (χ0) is 19.4. The van der Waals surface area contributed by atoms with E-state index in [4.69, 9.17) is 9.47 Å². The minimum Gasteiger partial charge on any atom is -0.492 e. The molecule has 0 fully saturated rings. The fourth-order valence-corrected chi connectivity index (χ4v) is 3.11. The van der Waals surface area contributed by atoms with E-state index in [1.807, 2.05) is 58.5 Å². The predicted octanol–water partition coefficient (Wildman–Crippen LogP) is 2.97. The first-order valence-electron chi connectivity index (χ1n) is 9.29. The number of hydrogen-bond donors (Lipinski definition) is 0. The van der Waals surface area contributed by atoms with E-state index in [0.29, 0.717) is 19.6 Å². The van der Waals surface area contributed by atoms with Crippen LogP contribution in [0.15, 0.2) is 36.4 Å². The Labute approximate surface area is 161 Å². The van der Waals surface area contributed by atoms with E-state index in [1.165, 1.54) is 0 Å². The molecule has 0 aliphatic heterocycles. The lowest BCUT2D eigenvalue weighted by Crippen LogP contribution is -2.20. The molecule has 1 aliphatic rings. The quantitative estimate of drug-likeness (QED) is 0.717. The lowest BCUT2D eigenvalue weighted by Gasteiger charge is -2.21. The van der Waals surface area contributed by atoms with Crippen molar-refractivity contribution in [2.45, 2.75) is 6.42 Å². The summed E-state index contributed by atoms with van der Waals surface area (Å²) in [6.07, 6.45) is 0.397. The summed E-state index contributed by atoms with van der Waals surface area (Å²) in [5, 5.41) is 0. The topological polar surface area (TPSA) is 42.0 Å². The predicted molar refractivity (Wildman–Crippen MR) is 108 cm³/mol. The van der Waals surface area contributed by atoms with Gasteiger partial charge >= 0.3 is 0 Å². The van der Waals surface area contributed by atoms with Crippen LogP contribution in [0, 0.1) is 0 Å². The van der Waals surface area contributed by atoms with Gasteiger partial charge in [-0.25, -0.2) is 0 Å². The minimum atomic E-state index is 0.126. The summed E-state index contributed by atoms with van der Waals surface area (Å²) >= 11 is 0. The van der Waals surface area contributed by atoms with Crippen LogP contribution in [0.25, 0.3) is 11.1 Å². The highest BCUT2D eigenvalue weighted by atomic mass is 16.5. The summed E-state index contributed by atoms with van der Waals surface area (Å²) in [7, 11) is 8.05. The van der Waals surface area contributed by atoms with Crippen molar-refractivity contribution in [1.29, 1.82) is 0 Å². The second kappa shape index (κ2) is 8.55. The first-order chi connectivity index (χ1) is 12.9. The van der Waals surface area contributed by atoms with Crippen LogP contribution in [0.2, 0.25) is 0 Å². The van der Waals surface area contributed by atoms with Gasteiger partial charge < -0.3 is 19.3 Å². The maximum atomic E-state index is 12.7. The summed E-state index contributed by atoms with van der Waals surface area (Å²) in [5.41, 5.74) is 3.84. The van der Waals surface area contributed by atoms with Crippen LogP contribution in [0.3, 0.4) is 0 Å². The van der Waals surface area contributed by atoms with Crippen LogP contribution >= 0.6 is 0 Å². The zero-order valence-corrected chi connectivity index (χ0v) is 16.6. The number of Topliss-reactive ketones (excluding diaryl/α,β-unsaturated/α-hetero) is 1. The average Bonchev–Trinajstić information content (AvgIpc) is 2.61.